The molecule has 0 amide bonds. The maximum atomic E-state index is 8.84. The number of hydrogen-bond acceptors (Lipinski definition) is 4. The van der Waals surface area contributed by atoms with Crippen LogP contribution < -0.4 is 5.32 Å². The molecule has 0 saturated carbocycles. The van der Waals surface area contributed by atoms with Gasteiger partial charge in [0.25, 0.3) is 0 Å². The van der Waals surface area contributed by atoms with Crippen LogP contribution in [0, 0.1) is 11.3 Å². The summed E-state index contributed by atoms with van der Waals surface area (Å²) in [7, 11) is 0. The van der Waals surface area contributed by atoms with Crippen molar-refractivity contribution in [2.24, 2.45) is 0 Å². The number of aromatic nitrogens is 2. The molecule has 4 heteroatoms. The Morgan fingerprint density at radius 2 is 2.24 bits per heavy atom. The summed E-state index contributed by atoms with van der Waals surface area (Å²) in [4.78, 5) is 8.14. The zero-order valence-electron chi connectivity index (χ0n) is 9.46. The topological polar surface area (TPSA) is 61.6 Å². The first-order valence-corrected chi connectivity index (χ1v) is 5.32. The fourth-order valence-corrected chi connectivity index (χ4v) is 1.56. The van der Waals surface area contributed by atoms with E-state index in [1.54, 1.807) is 24.7 Å². The zero-order valence-corrected chi connectivity index (χ0v) is 9.46. The van der Waals surface area contributed by atoms with Crippen molar-refractivity contribution < 1.29 is 0 Å². The number of anilines is 1. The van der Waals surface area contributed by atoms with E-state index in [1.165, 1.54) is 0 Å². The number of benzene rings is 1. The summed E-state index contributed by atoms with van der Waals surface area (Å²) in [5.41, 5.74) is 1.71. The van der Waals surface area contributed by atoms with E-state index in [-0.39, 0.29) is 6.04 Å². The van der Waals surface area contributed by atoms with E-state index in [1.807, 2.05) is 25.1 Å². The Morgan fingerprint density at radius 1 is 1.35 bits per heavy atom. The molecule has 0 aliphatic heterocycles. The molecule has 1 heterocycles. The Kier molecular flexibility index (Phi) is 3.31. The van der Waals surface area contributed by atoms with Gasteiger partial charge in [-0.25, -0.2) is 4.98 Å². The van der Waals surface area contributed by atoms with Gasteiger partial charge in [-0.2, -0.15) is 5.26 Å². The van der Waals surface area contributed by atoms with Gasteiger partial charge in [0.05, 0.1) is 23.9 Å². The number of rotatable bonds is 3. The van der Waals surface area contributed by atoms with E-state index < -0.39 is 0 Å². The summed E-state index contributed by atoms with van der Waals surface area (Å²) < 4.78 is 0. The van der Waals surface area contributed by atoms with Crippen molar-refractivity contribution in [1.82, 2.24) is 9.97 Å². The van der Waals surface area contributed by atoms with E-state index in [2.05, 4.69) is 21.4 Å². The fourth-order valence-electron chi connectivity index (χ4n) is 1.56. The Hall–Kier alpha value is -2.41. The van der Waals surface area contributed by atoms with Crippen molar-refractivity contribution in [3.8, 4) is 6.07 Å². The van der Waals surface area contributed by atoms with Gasteiger partial charge in [-0.3, -0.25) is 4.98 Å². The van der Waals surface area contributed by atoms with Gasteiger partial charge < -0.3 is 5.32 Å². The maximum absolute atomic E-state index is 8.84. The monoisotopic (exact) mass is 224 g/mol. The predicted octanol–water partition coefficient (Wildman–Crippen LogP) is 2.52. The molecule has 0 aliphatic rings. The highest BCUT2D eigenvalue weighted by atomic mass is 15.0. The Labute approximate surface area is 100.0 Å². The molecule has 0 radical (unpaired) electrons. The first-order chi connectivity index (χ1) is 8.29. The first-order valence-electron chi connectivity index (χ1n) is 5.32. The van der Waals surface area contributed by atoms with Crippen LogP contribution in [0.15, 0.2) is 42.9 Å². The molecule has 84 valence electrons. The minimum Gasteiger partial charge on any atom is -0.362 e. The van der Waals surface area contributed by atoms with Gasteiger partial charge in [0.1, 0.15) is 5.82 Å². The van der Waals surface area contributed by atoms with Crippen molar-refractivity contribution in [1.29, 1.82) is 5.26 Å². The van der Waals surface area contributed by atoms with Crippen molar-refractivity contribution in [2.75, 3.05) is 5.32 Å². The number of nitrogens with zero attached hydrogens (tertiary/aromatic N) is 3. The molecule has 4 nitrogen and oxygen atoms in total. The molecule has 1 atom stereocenters. The van der Waals surface area contributed by atoms with E-state index in [0.29, 0.717) is 5.56 Å². The molecule has 1 aromatic heterocycles. The average Bonchev–Trinajstić information content (AvgIpc) is 2.40. The Bertz CT molecular complexity index is 531. The highest BCUT2D eigenvalue weighted by molar-refractivity contribution is 5.39. The first kappa shape index (κ1) is 11.1. The standard InChI is InChI=1S/C13H12N4/c1-10(17-13-9-15-5-6-16-13)12-4-2-3-11(7-12)8-14/h2-7,9-10H,1H3,(H,16,17). The second-order valence-electron chi connectivity index (χ2n) is 3.69. The fraction of sp³-hybridized carbons (Fsp3) is 0.154. The quantitative estimate of drug-likeness (QED) is 0.870. The Morgan fingerprint density at radius 3 is 2.94 bits per heavy atom. The lowest BCUT2D eigenvalue weighted by molar-refractivity contribution is 0.871. The van der Waals surface area contributed by atoms with Crippen LogP contribution in [0.25, 0.3) is 0 Å². The van der Waals surface area contributed by atoms with Gasteiger partial charge in [0.15, 0.2) is 0 Å². The summed E-state index contributed by atoms with van der Waals surface area (Å²) in [6.07, 6.45) is 4.94. The molecule has 2 rings (SSSR count). The van der Waals surface area contributed by atoms with Crippen LogP contribution in [0.1, 0.15) is 24.1 Å². The van der Waals surface area contributed by atoms with Gasteiger partial charge in [0.2, 0.25) is 0 Å². The predicted molar refractivity (Wildman–Crippen MR) is 65.2 cm³/mol. The molecule has 1 aromatic carbocycles. The molecule has 1 N–H and O–H groups in total. The molecule has 0 fully saturated rings. The number of hydrogen-bond donors (Lipinski definition) is 1. The van der Waals surface area contributed by atoms with Gasteiger partial charge in [0, 0.05) is 12.4 Å². The highest BCUT2D eigenvalue weighted by Crippen LogP contribution is 2.17. The van der Waals surface area contributed by atoms with Crippen LogP contribution in [-0.4, -0.2) is 9.97 Å². The van der Waals surface area contributed by atoms with E-state index in [4.69, 9.17) is 5.26 Å². The largest absolute Gasteiger partial charge is 0.362 e. The molecular weight excluding hydrogens is 212 g/mol. The van der Waals surface area contributed by atoms with Crippen LogP contribution in [-0.2, 0) is 0 Å². The lowest BCUT2D eigenvalue weighted by atomic mass is 10.1. The van der Waals surface area contributed by atoms with Crippen LogP contribution in [0.2, 0.25) is 0 Å². The van der Waals surface area contributed by atoms with E-state index >= 15 is 0 Å². The lowest BCUT2D eigenvalue weighted by Crippen LogP contribution is -2.08. The molecule has 17 heavy (non-hydrogen) atoms. The summed E-state index contributed by atoms with van der Waals surface area (Å²) in [5, 5.41) is 12.1. The van der Waals surface area contributed by atoms with Gasteiger partial charge in [-0.15, -0.1) is 0 Å². The summed E-state index contributed by atoms with van der Waals surface area (Å²) >= 11 is 0. The van der Waals surface area contributed by atoms with Crippen molar-refractivity contribution in [3.05, 3.63) is 54.0 Å². The second-order valence-corrected chi connectivity index (χ2v) is 3.69. The third kappa shape index (κ3) is 2.79. The molecule has 2 aromatic rings. The second kappa shape index (κ2) is 5.08. The van der Waals surface area contributed by atoms with Crippen molar-refractivity contribution >= 4 is 5.82 Å². The van der Waals surface area contributed by atoms with E-state index in [0.717, 1.165) is 11.4 Å². The van der Waals surface area contributed by atoms with Crippen LogP contribution >= 0.6 is 0 Å². The SMILES string of the molecule is CC(Nc1cnccn1)c1cccc(C#N)c1. The lowest BCUT2D eigenvalue weighted by Gasteiger charge is -2.14. The minimum absolute atomic E-state index is 0.0833. The summed E-state index contributed by atoms with van der Waals surface area (Å²) in [6, 6.07) is 9.73. The number of nitriles is 1. The maximum Gasteiger partial charge on any atom is 0.144 e. The molecule has 1 unspecified atom stereocenters. The molecule has 0 spiro atoms. The molecule has 0 aliphatic carbocycles. The third-order valence-electron chi connectivity index (χ3n) is 2.44. The summed E-state index contributed by atoms with van der Waals surface area (Å²) in [6.45, 7) is 2.02. The Balaban J connectivity index is 2.15. The van der Waals surface area contributed by atoms with E-state index in [9.17, 15) is 0 Å². The van der Waals surface area contributed by atoms with Crippen molar-refractivity contribution in [3.63, 3.8) is 0 Å². The van der Waals surface area contributed by atoms with Gasteiger partial charge in [-0.1, -0.05) is 12.1 Å². The average molecular weight is 224 g/mol. The zero-order chi connectivity index (χ0) is 12.1. The molecule has 0 saturated heterocycles. The summed E-state index contributed by atoms with van der Waals surface area (Å²) in [5.74, 6) is 0.724. The van der Waals surface area contributed by atoms with Crippen LogP contribution in [0.3, 0.4) is 0 Å². The molecule has 0 bridgehead atoms. The van der Waals surface area contributed by atoms with Crippen LogP contribution in [0.4, 0.5) is 5.82 Å². The highest BCUT2D eigenvalue weighted by Gasteiger charge is 2.06. The number of nitrogens with one attached hydrogen (secondary N) is 1. The smallest absolute Gasteiger partial charge is 0.144 e. The molecular formula is C13H12N4. The van der Waals surface area contributed by atoms with Crippen LogP contribution in [0.5, 0.6) is 0 Å². The normalized spacial score (nSPS) is 11.5. The van der Waals surface area contributed by atoms with Gasteiger partial charge in [-0.05, 0) is 24.6 Å². The minimum atomic E-state index is 0.0833. The third-order valence-corrected chi connectivity index (χ3v) is 2.44. The van der Waals surface area contributed by atoms with Crippen molar-refractivity contribution in [2.45, 2.75) is 13.0 Å². The van der Waals surface area contributed by atoms with Gasteiger partial charge >= 0.3 is 0 Å².